The van der Waals surface area contributed by atoms with E-state index in [1.807, 2.05) is 6.92 Å². The second-order valence-electron chi connectivity index (χ2n) is 6.08. The highest BCUT2D eigenvalue weighted by Gasteiger charge is 2.18. The molecule has 8 nitrogen and oxygen atoms in total. The zero-order chi connectivity index (χ0) is 17.8. The Hall–Kier alpha value is -2.74. The topological polar surface area (TPSA) is 99.3 Å². The summed E-state index contributed by atoms with van der Waals surface area (Å²) in [7, 11) is 0. The first-order valence-electron chi connectivity index (χ1n) is 8.26. The van der Waals surface area contributed by atoms with Gasteiger partial charge in [0.25, 0.3) is 5.69 Å². The summed E-state index contributed by atoms with van der Waals surface area (Å²) in [6, 6.07) is 7.80. The molecule has 8 heteroatoms. The predicted octanol–water partition coefficient (Wildman–Crippen LogP) is 2.99. The van der Waals surface area contributed by atoms with Crippen molar-refractivity contribution in [1.82, 2.24) is 9.78 Å². The van der Waals surface area contributed by atoms with Crippen LogP contribution in [0.1, 0.15) is 31.4 Å². The summed E-state index contributed by atoms with van der Waals surface area (Å²) in [5.41, 5.74) is 1.40. The van der Waals surface area contributed by atoms with Gasteiger partial charge < -0.3 is 10.1 Å². The molecule has 2 aromatic rings. The van der Waals surface area contributed by atoms with Crippen LogP contribution < -0.4 is 5.32 Å². The Bertz CT molecular complexity index is 763. The number of anilines is 1. The quantitative estimate of drug-likeness (QED) is 0.641. The lowest BCUT2D eigenvalue weighted by atomic mass is 10.1. The summed E-state index contributed by atoms with van der Waals surface area (Å²) in [6.45, 7) is 2.60. The molecule has 25 heavy (non-hydrogen) atoms. The predicted molar refractivity (Wildman–Crippen MR) is 91.8 cm³/mol. The van der Waals surface area contributed by atoms with Gasteiger partial charge in [-0.1, -0.05) is 0 Å². The van der Waals surface area contributed by atoms with E-state index >= 15 is 0 Å². The molecule has 1 fully saturated rings. The number of nitrogens with zero attached hydrogens (tertiary/aromatic N) is 3. The number of nitro groups is 1. The number of nitro benzene ring substituents is 1. The molecule has 3 rings (SSSR count). The maximum atomic E-state index is 12.2. The number of ether oxygens (including phenoxy) is 1. The van der Waals surface area contributed by atoms with Gasteiger partial charge in [-0.3, -0.25) is 14.9 Å². The number of hydrogen-bond acceptors (Lipinski definition) is 5. The molecule has 1 saturated heterocycles. The lowest BCUT2D eigenvalue weighted by Gasteiger charge is -2.11. The Morgan fingerprint density at radius 3 is 2.84 bits per heavy atom. The minimum absolute atomic E-state index is 0.00905. The van der Waals surface area contributed by atoms with Gasteiger partial charge >= 0.3 is 0 Å². The smallest absolute Gasteiger partial charge is 0.269 e. The van der Waals surface area contributed by atoms with Crippen molar-refractivity contribution in [2.45, 2.75) is 38.7 Å². The second-order valence-corrected chi connectivity index (χ2v) is 6.08. The van der Waals surface area contributed by atoms with Gasteiger partial charge in [-0.05, 0) is 38.3 Å². The number of carbonyl (C=O) groups is 1. The molecule has 1 aromatic carbocycles. The van der Waals surface area contributed by atoms with Crippen LogP contribution in [0.15, 0.2) is 30.3 Å². The van der Waals surface area contributed by atoms with Crippen molar-refractivity contribution in [3.05, 3.63) is 46.1 Å². The Labute approximate surface area is 144 Å². The number of aryl methyl sites for hydroxylation is 1. The molecular formula is C17H20N4O4. The standard InChI is InChI=1S/C17H20N4O4/c1-12-11-16(18-17(22)9-8-15-3-2-10-25-15)20(19-12)13-4-6-14(7-5-13)21(23)24/h4-7,11,15H,2-3,8-10H2,1H3,(H,18,22)/t15-/m1/s1. The number of aromatic nitrogens is 2. The first-order valence-corrected chi connectivity index (χ1v) is 8.26. The van der Waals surface area contributed by atoms with Gasteiger partial charge in [0.15, 0.2) is 0 Å². The minimum atomic E-state index is -0.452. The fourth-order valence-electron chi connectivity index (χ4n) is 2.87. The molecule has 2 heterocycles. The third-order valence-electron chi connectivity index (χ3n) is 4.12. The Morgan fingerprint density at radius 1 is 1.44 bits per heavy atom. The van der Waals surface area contributed by atoms with Crippen LogP contribution in [0, 0.1) is 17.0 Å². The van der Waals surface area contributed by atoms with Crippen molar-refractivity contribution in [2.75, 3.05) is 11.9 Å². The fraction of sp³-hybridized carbons (Fsp3) is 0.412. The average Bonchev–Trinajstić information content (AvgIpc) is 3.22. The van der Waals surface area contributed by atoms with E-state index < -0.39 is 4.92 Å². The van der Waals surface area contributed by atoms with Crippen molar-refractivity contribution >= 4 is 17.4 Å². The molecule has 1 aromatic heterocycles. The average molecular weight is 344 g/mol. The lowest BCUT2D eigenvalue weighted by Crippen LogP contribution is -2.17. The molecule has 0 unspecified atom stereocenters. The van der Waals surface area contributed by atoms with Gasteiger partial charge in [0, 0.05) is 31.2 Å². The number of hydrogen-bond donors (Lipinski definition) is 1. The number of non-ortho nitro benzene ring substituents is 1. The number of carbonyl (C=O) groups excluding carboxylic acids is 1. The molecule has 1 N–H and O–H groups in total. The summed E-state index contributed by atoms with van der Waals surface area (Å²) in [5.74, 6) is 0.447. The van der Waals surface area contributed by atoms with E-state index in [1.165, 1.54) is 12.1 Å². The van der Waals surface area contributed by atoms with E-state index in [0.717, 1.165) is 25.1 Å². The first kappa shape index (κ1) is 17.1. The minimum Gasteiger partial charge on any atom is -0.378 e. The SMILES string of the molecule is Cc1cc(NC(=O)CC[C@H]2CCCO2)n(-c2ccc([N+](=O)[O-])cc2)n1. The lowest BCUT2D eigenvalue weighted by molar-refractivity contribution is -0.384. The largest absolute Gasteiger partial charge is 0.378 e. The van der Waals surface area contributed by atoms with E-state index in [-0.39, 0.29) is 17.7 Å². The normalized spacial score (nSPS) is 16.8. The maximum Gasteiger partial charge on any atom is 0.269 e. The molecule has 1 amide bonds. The molecule has 0 radical (unpaired) electrons. The third-order valence-corrected chi connectivity index (χ3v) is 4.12. The van der Waals surface area contributed by atoms with Crippen LogP contribution in [-0.4, -0.2) is 33.3 Å². The molecule has 0 spiro atoms. The highest BCUT2D eigenvalue weighted by molar-refractivity contribution is 5.90. The summed E-state index contributed by atoms with van der Waals surface area (Å²) >= 11 is 0. The molecule has 0 saturated carbocycles. The maximum absolute atomic E-state index is 12.2. The van der Waals surface area contributed by atoms with E-state index in [4.69, 9.17) is 4.74 Å². The van der Waals surface area contributed by atoms with Crippen molar-refractivity contribution in [3.8, 4) is 5.69 Å². The van der Waals surface area contributed by atoms with Crippen LogP contribution in [0.2, 0.25) is 0 Å². The van der Waals surface area contributed by atoms with E-state index in [9.17, 15) is 14.9 Å². The second kappa shape index (κ2) is 7.43. The van der Waals surface area contributed by atoms with Gasteiger partial charge in [-0.2, -0.15) is 5.10 Å². The highest BCUT2D eigenvalue weighted by Crippen LogP contribution is 2.21. The number of amides is 1. The monoisotopic (exact) mass is 344 g/mol. The van der Waals surface area contributed by atoms with Gasteiger partial charge in [-0.15, -0.1) is 0 Å². The van der Waals surface area contributed by atoms with Crippen molar-refractivity contribution in [3.63, 3.8) is 0 Å². The molecular weight excluding hydrogens is 324 g/mol. The Morgan fingerprint density at radius 2 is 2.20 bits per heavy atom. The van der Waals surface area contributed by atoms with Crippen LogP contribution in [0.25, 0.3) is 5.69 Å². The van der Waals surface area contributed by atoms with Gasteiger partial charge in [0.2, 0.25) is 5.91 Å². The van der Waals surface area contributed by atoms with Crippen molar-refractivity contribution in [1.29, 1.82) is 0 Å². The highest BCUT2D eigenvalue weighted by atomic mass is 16.6. The molecule has 0 aliphatic carbocycles. The molecule has 1 aliphatic rings. The van der Waals surface area contributed by atoms with Crippen LogP contribution in [-0.2, 0) is 9.53 Å². The van der Waals surface area contributed by atoms with Gasteiger partial charge in [-0.25, -0.2) is 4.68 Å². The van der Waals surface area contributed by atoms with Crippen LogP contribution in [0.5, 0.6) is 0 Å². The first-order chi connectivity index (χ1) is 12.0. The van der Waals surface area contributed by atoms with E-state index in [0.29, 0.717) is 24.3 Å². The molecule has 1 atom stereocenters. The van der Waals surface area contributed by atoms with E-state index in [1.54, 1.807) is 22.9 Å². The molecule has 132 valence electrons. The Kier molecular flexibility index (Phi) is 5.08. The third kappa shape index (κ3) is 4.21. The van der Waals surface area contributed by atoms with Crippen molar-refractivity contribution < 1.29 is 14.5 Å². The summed E-state index contributed by atoms with van der Waals surface area (Å²) in [4.78, 5) is 22.5. The van der Waals surface area contributed by atoms with Crippen LogP contribution in [0.4, 0.5) is 11.5 Å². The van der Waals surface area contributed by atoms with Crippen LogP contribution in [0.3, 0.4) is 0 Å². The summed E-state index contributed by atoms with van der Waals surface area (Å²) in [6.07, 6.45) is 3.32. The fourth-order valence-corrected chi connectivity index (χ4v) is 2.87. The summed E-state index contributed by atoms with van der Waals surface area (Å²) < 4.78 is 7.10. The van der Waals surface area contributed by atoms with Gasteiger partial charge in [0.05, 0.1) is 22.4 Å². The van der Waals surface area contributed by atoms with E-state index in [2.05, 4.69) is 10.4 Å². The molecule has 1 aliphatic heterocycles. The zero-order valence-electron chi connectivity index (χ0n) is 14.0. The molecule has 0 bridgehead atoms. The number of nitrogens with one attached hydrogen (secondary N) is 1. The van der Waals surface area contributed by atoms with Crippen LogP contribution >= 0.6 is 0 Å². The zero-order valence-corrected chi connectivity index (χ0v) is 14.0. The van der Waals surface area contributed by atoms with Crippen molar-refractivity contribution in [2.24, 2.45) is 0 Å². The number of rotatable bonds is 6. The Balaban J connectivity index is 1.69. The number of benzene rings is 1. The summed E-state index contributed by atoms with van der Waals surface area (Å²) in [5, 5.41) is 18.0. The van der Waals surface area contributed by atoms with Gasteiger partial charge in [0.1, 0.15) is 5.82 Å².